The van der Waals surface area contributed by atoms with Crippen LogP contribution < -0.4 is 15.0 Å². The third-order valence-electron chi connectivity index (χ3n) is 4.18. The summed E-state index contributed by atoms with van der Waals surface area (Å²) in [5.74, 6) is 0.145. The molecule has 1 fully saturated rings. The number of anilines is 1. The van der Waals surface area contributed by atoms with Gasteiger partial charge in [0.15, 0.2) is 0 Å². The van der Waals surface area contributed by atoms with E-state index in [0.717, 1.165) is 5.56 Å². The molecule has 1 atom stereocenters. The SMILES string of the molecule is COc1ccccc1N1CC(C(=O)NCc2ccccc2)CC1=O. The van der Waals surface area contributed by atoms with Crippen LogP contribution in [0.15, 0.2) is 54.6 Å². The van der Waals surface area contributed by atoms with Gasteiger partial charge in [-0.05, 0) is 17.7 Å². The van der Waals surface area contributed by atoms with Gasteiger partial charge in [0.1, 0.15) is 5.75 Å². The van der Waals surface area contributed by atoms with Crippen molar-refractivity contribution in [2.75, 3.05) is 18.6 Å². The zero-order valence-electron chi connectivity index (χ0n) is 13.6. The first-order valence-corrected chi connectivity index (χ1v) is 7.94. The molecule has 1 aliphatic heterocycles. The summed E-state index contributed by atoms with van der Waals surface area (Å²) < 4.78 is 5.31. The van der Waals surface area contributed by atoms with E-state index >= 15 is 0 Å². The Hall–Kier alpha value is -2.82. The molecule has 1 saturated heterocycles. The van der Waals surface area contributed by atoms with Crippen molar-refractivity contribution in [3.63, 3.8) is 0 Å². The number of rotatable bonds is 5. The van der Waals surface area contributed by atoms with Crippen molar-refractivity contribution in [2.24, 2.45) is 5.92 Å². The van der Waals surface area contributed by atoms with Gasteiger partial charge >= 0.3 is 0 Å². The van der Waals surface area contributed by atoms with Crippen molar-refractivity contribution >= 4 is 17.5 Å². The lowest BCUT2D eigenvalue weighted by molar-refractivity contribution is -0.126. The van der Waals surface area contributed by atoms with Gasteiger partial charge in [-0.25, -0.2) is 0 Å². The number of carbonyl (C=O) groups excluding carboxylic acids is 2. The van der Waals surface area contributed by atoms with Crippen LogP contribution in [0.5, 0.6) is 5.75 Å². The Balaban J connectivity index is 1.65. The molecule has 24 heavy (non-hydrogen) atoms. The molecule has 1 unspecified atom stereocenters. The summed E-state index contributed by atoms with van der Waals surface area (Å²) in [5, 5.41) is 2.91. The van der Waals surface area contributed by atoms with Gasteiger partial charge in [0.05, 0.1) is 18.7 Å². The van der Waals surface area contributed by atoms with E-state index in [9.17, 15) is 9.59 Å². The van der Waals surface area contributed by atoms with Gasteiger partial charge in [-0.1, -0.05) is 42.5 Å². The lowest BCUT2D eigenvalue weighted by Gasteiger charge is -2.19. The highest BCUT2D eigenvalue weighted by atomic mass is 16.5. The molecule has 1 heterocycles. The van der Waals surface area contributed by atoms with Crippen LogP contribution in [0.2, 0.25) is 0 Å². The Morgan fingerprint density at radius 3 is 2.62 bits per heavy atom. The fourth-order valence-electron chi connectivity index (χ4n) is 2.90. The Morgan fingerprint density at radius 1 is 1.17 bits per heavy atom. The molecule has 0 aliphatic carbocycles. The summed E-state index contributed by atoms with van der Waals surface area (Å²) >= 11 is 0. The topological polar surface area (TPSA) is 58.6 Å². The van der Waals surface area contributed by atoms with Crippen molar-refractivity contribution in [3.05, 3.63) is 60.2 Å². The van der Waals surface area contributed by atoms with Crippen LogP contribution in [0.3, 0.4) is 0 Å². The van der Waals surface area contributed by atoms with Crippen LogP contribution in [0.1, 0.15) is 12.0 Å². The molecule has 0 saturated carbocycles. The number of hydrogen-bond donors (Lipinski definition) is 1. The normalized spacial score (nSPS) is 17.0. The molecular formula is C19H20N2O3. The van der Waals surface area contributed by atoms with Gasteiger partial charge in [-0.15, -0.1) is 0 Å². The maximum absolute atomic E-state index is 12.4. The molecule has 5 nitrogen and oxygen atoms in total. The number of methoxy groups -OCH3 is 1. The molecule has 3 rings (SSSR count). The summed E-state index contributed by atoms with van der Waals surface area (Å²) in [6.45, 7) is 0.846. The molecule has 2 aromatic carbocycles. The Labute approximate surface area is 141 Å². The monoisotopic (exact) mass is 324 g/mol. The molecule has 2 aromatic rings. The molecule has 0 spiro atoms. The van der Waals surface area contributed by atoms with Crippen LogP contribution >= 0.6 is 0 Å². The van der Waals surface area contributed by atoms with Crippen LogP contribution in [0.25, 0.3) is 0 Å². The smallest absolute Gasteiger partial charge is 0.227 e. The second-order valence-electron chi connectivity index (χ2n) is 5.78. The van der Waals surface area contributed by atoms with Crippen LogP contribution in [-0.2, 0) is 16.1 Å². The quantitative estimate of drug-likeness (QED) is 0.918. The fraction of sp³-hybridized carbons (Fsp3) is 0.263. The first-order chi connectivity index (χ1) is 11.7. The largest absolute Gasteiger partial charge is 0.495 e. The van der Waals surface area contributed by atoms with Gasteiger partial charge in [-0.2, -0.15) is 0 Å². The van der Waals surface area contributed by atoms with E-state index in [1.54, 1.807) is 12.0 Å². The number of amides is 2. The Morgan fingerprint density at radius 2 is 1.88 bits per heavy atom. The van der Waals surface area contributed by atoms with Gasteiger partial charge in [0, 0.05) is 19.5 Å². The number of nitrogens with one attached hydrogen (secondary N) is 1. The molecule has 124 valence electrons. The molecule has 0 bridgehead atoms. The summed E-state index contributed by atoms with van der Waals surface area (Å²) in [6.07, 6.45) is 0.221. The van der Waals surface area contributed by atoms with Crippen molar-refractivity contribution in [2.45, 2.75) is 13.0 Å². The maximum Gasteiger partial charge on any atom is 0.227 e. The average molecular weight is 324 g/mol. The lowest BCUT2D eigenvalue weighted by Crippen LogP contribution is -2.32. The van der Waals surface area contributed by atoms with Crippen molar-refractivity contribution in [1.82, 2.24) is 5.32 Å². The second kappa shape index (κ2) is 7.17. The number of benzene rings is 2. The number of hydrogen-bond acceptors (Lipinski definition) is 3. The van der Waals surface area contributed by atoms with E-state index in [1.165, 1.54) is 0 Å². The third-order valence-corrected chi connectivity index (χ3v) is 4.18. The molecular weight excluding hydrogens is 304 g/mol. The van der Waals surface area contributed by atoms with Crippen LogP contribution in [0.4, 0.5) is 5.69 Å². The highest BCUT2D eigenvalue weighted by Gasteiger charge is 2.36. The predicted molar refractivity (Wildman–Crippen MR) is 91.7 cm³/mol. The molecule has 5 heteroatoms. The van der Waals surface area contributed by atoms with E-state index in [0.29, 0.717) is 24.5 Å². The van der Waals surface area contributed by atoms with E-state index in [4.69, 9.17) is 4.74 Å². The predicted octanol–water partition coefficient (Wildman–Crippen LogP) is 2.36. The molecule has 0 radical (unpaired) electrons. The minimum atomic E-state index is -0.342. The standard InChI is InChI=1S/C19H20N2O3/c1-24-17-10-6-5-9-16(17)21-13-15(11-18(21)22)19(23)20-12-14-7-3-2-4-8-14/h2-10,15H,11-13H2,1H3,(H,20,23). The Bertz CT molecular complexity index is 730. The van der Waals surface area contributed by atoms with Gasteiger partial charge < -0.3 is 15.0 Å². The minimum Gasteiger partial charge on any atom is -0.495 e. The fourth-order valence-corrected chi connectivity index (χ4v) is 2.90. The van der Waals surface area contributed by atoms with Gasteiger partial charge in [0.2, 0.25) is 11.8 Å². The highest BCUT2D eigenvalue weighted by Crippen LogP contribution is 2.32. The lowest BCUT2D eigenvalue weighted by atomic mass is 10.1. The summed E-state index contributed by atoms with van der Waals surface area (Å²) in [6, 6.07) is 17.1. The molecule has 2 amide bonds. The van der Waals surface area contributed by atoms with Crippen molar-refractivity contribution in [3.8, 4) is 5.75 Å². The first kappa shape index (κ1) is 16.1. The van der Waals surface area contributed by atoms with Crippen molar-refractivity contribution in [1.29, 1.82) is 0 Å². The first-order valence-electron chi connectivity index (χ1n) is 7.94. The van der Waals surface area contributed by atoms with E-state index in [1.807, 2.05) is 54.6 Å². The van der Waals surface area contributed by atoms with Crippen LogP contribution in [0, 0.1) is 5.92 Å². The minimum absolute atomic E-state index is 0.0561. The number of para-hydroxylation sites is 2. The number of nitrogens with zero attached hydrogens (tertiary/aromatic N) is 1. The molecule has 1 aliphatic rings. The summed E-state index contributed by atoms with van der Waals surface area (Å²) in [5.41, 5.74) is 1.75. The number of ether oxygens (including phenoxy) is 1. The van der Waals surface area contributed by atoms with Gasteiger partial charge in [-0.3, -0.25) is 9.59 Å². The zero-order valence-corrected chi connectivity index (χ0v) is 13.6. The van der Waals surface area contributed by atoms with E-state index in [2.05, 4.69) is 5.32 Å². The van der Waals surface area contributed by atoms with Gasteiger partial charge in [0.25, 0.3) is 0 Å². The van der Waals surface area contributed by atoms with Crippen molar-refractivity contribution < 1.29 is 14.3 Å². The zero-order chi connectivity index (χ0) is 16.9. The molecule has 1 N–H and O–H groups in total. The van der Waals surface area contributed by atoms with E-state index in [-0.39, 0.29) is 24.2 Å². The Kier molecular flexibility index (Phi) is 4.79. The highest BCUT2D eigenvalue weighted by molar-refractivity contribution is 6.01. The van der Waals surface area contributed by atoms with Crippen LogP contribution in [-0.4, -0.2) is 25.5 Å². The van der Waals surface area contributed by atoms with E-state index < -0.39 is 0 Å². The number of carbonyl (C=O) groups is 2. The maximum atomic E-state index is 12.4. The summed E-state index contributed by atoms with van der Waals surface area (Å²) in [4.78, 5) is 26.3. The molecule has 0 aromatic heterocycles. The second-order valence-corrected chi connectivity index (χ2v) is 5.78. The third kappa shape index (κ3) is 3.40. The average Bonchev–Trinajstić information content (AvgIpc) is 3.02. The summed E-state index contributed by atoms with van der Waals surface area (Å²) in [7, 11) is 1.57.